The first kappa shape index (κ1) is 14.2. The van der Waals surface area contributed by atoms with Crippen LogP contribution in [-0.4, -0.2) is 37.7 Å². The van der Waals surface area contributed by atoms with Gasteiger partial charge in [-0.1, -0.05) is 13.3 Å². The maximum Gasteiger partial charge on any atom is 0.163 e. The molecule has 0 aliphatic carbocycles. The predicted octanol–water partition coefficient (Wildman–Crippen LogP) is 1.27. The van der Waals surface area contributed by atoms with Crippen LogP contribution in [0, 0.1) is 5.92 Å². The molecule has 0 amide bonds. The van der Waals surface area contributed by atoms with Crippen LogP contribution in [0.5, 0.6) is 0 Å². The molecule has 3 rings (SSSR count). The van der Waals surface area contributed by atoms with Crippen LogP contribution in [0.4, 0.5) is 5.82 Å². The lowest BCUT2D eigenvalue weighted by Gasteiger charge is -2.30. The number of hydrogen-bond donors (Lipinski definition) is 2. The monoisotopic (exact) mass is 289 g/mol. The largest absolute Gasteiger partial charge is 0.308 e. The summed E-state index contributed by atoms with van der Waals surface area (Å²) < 4.78 is 1.75. The van der Waals surface area contributed by atoms with Gasteiger partial charge in [0.25, 0.3) is 0 Å². The van der Waals surface area contributed by atoms with E-state index in [9.17, 15) is 0 Å². The van der Waals surface area contributed by atoms with Gasteiger partial charge < -0.3 is 5.43 Å². The van der Waals surface area contributed by atoms with E-state index in [0.29, 0.717) is 5.82 Å². The summed E-state index contributed by atoms with van der Waals surface area (Å²) in [5.74, 6) is 7.90. The van der Waals surface area contributed by atoms with Crippen LogP contribution < -0.4 is 11.3 Å². The van der Waals surface area contributed by atoms with Crippen LogP contribution in [0.1, 0.15) is 32.0 Å². The van der Waals surface area contributed by atoms with Crippen molar-refractivity contribution in [2.75, 3.05) is 18.5 Å². The molecule has 0 spiro atoms. The summed E-state index contributed by atoms with van der Waals surface area (Å²) in [6.45, 7) is 5.29. The molecule has 0 atom stereocenters. The third kappa shape index (κ3) is 2.84. The fourth-order valence-electron chi connectivity index (χ4n) is 3.00. The molecule has 0 aromatic carbocycles. The zero-order valence-corrected chi connectivity index (χ0v) is 12.7. The summed E-state index contributed by atoms with van der Waals surface area (Å²) in [5, 5.41) is 5.07. The number of aromatic nitrogens is 4. The predicted molar refractivity (Wildman–Crippen MR) is 82.4 cm³/mol. The maximum absolute atomic E-state index is 5.57. The number of hydrazine groups is 1. The molecule has 21 heavy (non-hydrogen) atoms. The van der Waals surface area contributed by atoms with Gasteiger partial charge in [-0.3, -0.25) is 9.58 Å². The standard InChI is InChI=1S/C14H23N7/c1-3-10-4-6-21(7-5-10)9-12-17-13(19-15)11-8-16-20(2)14(11)18-12/h8,10H,3-7,9,15H2,1-2H3,(H,17,18,19). The second-order valence-electron chi connectivity index (χ2n) is 5.77. The van der Waals surface area contributed by atoms with Crippen LogP contribution in [0.2, 0.25) is 0 Å². The number of nitrogen functional groups attached to an aromatic ring is 1. The van der Waals surface area contributed by atoms with Gasteiger partial charge in [-0.05, 0) is 31.8 Å². The van der Waals surface area contributed by atoms with E-state index in [2.05, 4.69) is 32.3 Å². The average molecular weight is 289 g/mol. The lowest BCUT2D eigenvalue weighted by molar-refractivity contribution is 0.171. The Morgan fingerprint density at radius 1 is 1.33 bits per heavy atom. The van der Waals surface area contributed by atoms with Crippen molar-refractivity contribution in [1.29, 1.82) is 0 Å². The SMILES string of the molecule is CCC1CCN(Cc2nc(NN)c3cnn(C)c3n2)CC1. The smallest absolute Gasteiger partial charge is 0.163 e. The first-order valence-corrected chi connectivity index (χ1v) is 7.58. The number of hydrogen-bond acceptors (Lipinski definition) is 6. The molecule has 0 saturated carbocycles. The Labute approximate surface area is 124 Å². The Kier molecular flexibility index (Phi) is 4.03. The Bertz CT molecular complexity index is 613. The van der Waals surface area contributed by atoms with Crippen LogP contribution in [0.15, 0.2) is 6.20 Å². The van der Waals surface area contributed by atoms with E-state index in [0.717, 1.165) is 42.4 Å². The highest BCUT2D eigenvalue weighted by molar-refractivity contribution is 5.86. The van der Waals surface area contributed by atoms with Crippen molar-refractivity contribution in [3.63, 3.8) is 0 Å². The van der Waals surface area contributed by atoms with E-state index in [-0.39, 0.29) is 0 Å². The molecule has 7 heteroatoms. The number of likely N-dealkylation sites (tertiary alicyclic amines) is 1. The van der Waals surface area contributed by atoms with Gasteiger partial charge in [0.2, 0.25) is 0 Å². The third-order valence-electron chi connectivity index (χ3n) is 4.42. The number of rotatable bonds is 4. The molecule has 0 radical (unpaired) electrons. The second kappa shape index (κ2) is 5.95. The molecule has 0 unspecified atom stereocenters. The topological polar surface area (TPSA) is 84.9 Å². The van der Waals surface area contributed by atoms with Gasteiger partial charge in [-0.2, -0.15) is 5.10 Å². The molecule has 1 fully saturated rings. The summed E-state index contributed by atoms with van der Waals surface area (Å²) in [4.78, 5) is 11.6. The van der Waals surface area contributed by atoms with E-state index >= 15 is 0 Å². The summed E-state index contributed by atoms with van der Waals surface area (Å²) in [5.41, 5.74) is 3.47. The van der Waals surface area contributed by atoms with Gasteiger partial charge >= 0.3 is 0 Å². The number of fused-ring (bicyclic) bond motifs is 1. The minimum absolute atomic E-state index is 0.645. The molecule has 2 aromatic rings. The molecule has 114 valence electrons. The second-order valence-corrected chi connectivity index (χ2v) is 5.77. The quantitative estimate of drug-likeness (QED) is 0.651. The highest BCUT2D eigenvalue weighted by atomic mass is 15.3. The Balaban J connectivity index is 1.79. The number of piperidine rings is 1. The Morgan fingerprint density at radius 2 is 2.10 bits per heavy atom. The zero-order chi connectivity index (χ0) is 14.8. The normalized spacial score (nSPS) is 17.5. The van der Waals surface area contributed by atoms with Gasteiger partial charge in [-0.15, -0.1) is 0 Å². The fourth-order valence-corrected chi connectivity index (χ4v) is 3.00. The molecule has 0 bridgehead atoms. The molecule has 7 nitrogen and oxygen atoms in total. The lowest BCUT2D eigenvalue weighted by atomic mass is 9.94. The summed E-state index contributed by atoms with van der Waals surface area (Å²) in [7, 11) is 1.88. The van der Waals surface area contributed by atoms with Gasteiger partial charge in [0, 0.05) is 7.05 Å². The Morgan fingerprint density at radius 3 is 2.76 bits per heavy atom. The van der Waals surface area contributed by atoms with Crippen LogP contribution in [-0.2, 0) is 13.6 Å². The van der Waals surface area contributed by atoms with Crippen molar-refractivity contribution >= 4 is 16.9 Å². The highest BCUT2D eigenvalue weighted by Gasteiger charge is 2.19. The first-order valence-electron chi connectivity index (χ1n) is 7.58. The van der Waals surface area contributed by atoms with E-state index in [1.807, 2.05) is 7.05 Å². The highest BCUT2D eigenvalue weighted by Crippen LogP contribution is 2.22. The van der Waals surface area contributed by atoms with Gasteiger partial charge in [0.1, 0.15) is 5.82 Å². The van der Waals surface area contributed by atoms with Crippen molar-refractivity contribution in [3.8, 4) is 0 Å². The van der Waals surface area contributed by atoms with Crippen molar-refractivity contribution in [2.45, 2.75) is 32.7 Å². The van der Waals surface area contributed by atoms with Crippen molar-refractivity contribution in [1.82, 2.24) is 24.6 Å². The molecule has 3 heterocycles. The van der Waals surface area contributed by atoms with Gasteiger partial charge in [-0.25, -0.2) is 15.8 Å². The van der Waals surface area contributed by atoms with Crippen LogP contribution >= 0.6 is 0 Å². The molecule has 1 saturated heterocycles. The zero-order valence-electron chi connectivity index (χ0n) is 12.7. The van der Waals surface area contributed by atoms with Crippen molar-refractivity contribution in [3.05, 3.63) is 12.0 Å². The number of anilines is 1. The minimum atomic E-state index is 0.645. The first-order chi connectivity index (χ1) is 10.2. The number of aryl methyl sites for hydroxylation is 1. The number of nitrogens with two attached hydrogens (primary N) is 1. The molecule has 3 N–H and O–H groups in total. The van der Waals surface area contributed by atoms with Crippen LogP contribution in [0.25, 0.3) is 11.0 Å². The Hall–Kier alpha value is -1.73. The summed E-state index contributed by atoms with van der Waals surface area (Å²) in [6.07, 6.45) is 5.56. The number of nitrogens with zero attached hydrogens (tertiary/aromatic N) is 5. The molecule has 1 aliphatic rings. The van der Waals surface area contributed by atoms with Crippen molar-refractivity contribution < 1.29 is 0 Å². The molecular formula is C14H23N7. The van der Waals surface area contributed by atoms with Gasteiger partial charge in [0.05, 0.1) is 18.1 Å². The van der Waals surface area contributed by atoms with E-state index in [1.165, 1.54) is 19.3 Å². The lowest BCUT2D eigenvalue weighted by Crippen LogP contribution is -2.33. The van der Waals surface area contributed by atoms with Crippen molar-refractivity contribution in [2.24, 2.45) is 18.8 Å². The maximum atomic E-state index is 5.57. The summed E-state index contributed by atoms with van der Waals surface area (Å²) >= 11 is 0. The van der Waals surface area contributed by atoms with E-state index < -0.39 is 0 Å². The fraction of sp³-hybridized carbons (Fsp3) is 0.643. The molecular weight excluding hydrogens is 266 g/mol. The third-order valence-corrected chi connectivity index (χ3v) is 4.42. The minimum Gasteiger partial charge on any atom is -0.308 e. The summed E-state index contributed by atoms with van der Waals surface area (Å²) in [6, 6.07) is 0. The average Bonchev–Trinajstić information content (AvgIpc) is 2.89. The van der Waals surface area contributed by atoms with Crippen LogP contribution in [0.3, 0.4) is 0 Å². The van der Waals surface area contributed by atoms with Gasteiger partial charge in [0.15, 0.2) is 11.5 Å². The van der Waals surface area contributed by atoms with E-state index in [1.54, 1.807) is 10.9 Å². The molecule has 1 aliphatic heterocycles. The molecule has 2 aromatic heterocycles. The number of nitrogens with one attached hydrogen (secondary N) is 1. The van der Waals surface area contributed by atoms with E-state index in [4.69, 9.17) is 5.84 Å².